The molecule has 3 nitrogen and oxygen atoms in total. The van der Waals surface area contributed by atoms with Gasteiger partial charge in [-0.15, -0.1) is 0 Å². The molecule has 2 heterocycles. The van der Waals surface area contributed by atoms with Gasteiger partial charge in [-0.3, -0.25) is 0 Å². The Balaban J connectivity index is 1.12. The number of hydrogen-bond acceptors (Lipinski definition) is 2. The summed E-state index contributed by atoms with van der Waals surface area (Å²) in [5.41, 5.74) is 15.3. The van der Waals surface area contributed by atoms with Gasteiger partial charge in [0.05, 0.1) is 16.7 Å². The summed E-state index contributed by atoms with van der Waals surface area (Å²) in [4.78, 5) is 4.74. The van der Waals surface area contributed by atoms with Gasteiger partial charge in [-0.1, -0.05) is 135 Å². The van der Waals surface area contributed by atoms with Crippen molar-refractivity contribution in [3.05, 3.63) is 223 Å². The van der Waals surface area contributed by atoms with Crippen molar-refractivity contribution in [1.29, 1.82) is 0 Å². The molecule has 0 atom stereocenters. The molecule has 0 unspecified atom stereocenters. The van der Waals surface area contributed by atoms with Crippen molar-refractivity contribution in [1.82, 2.24) is 4.57 Å². The Kier molecular flexibility index (Phi) is 7.84. The van der Waals surface area contributed by atoms with Gasteiger partial charge in [0.25, 0.3) is 0 Å². The van der Waals surface area contributed by atoms with Crippen LogP contribution in [0.5, 0.6) is 0 Å². The molecule has 58 heavy (non-hydrogen) atoms. The molecule has 11 rings (SSSR count). The minimum absolute atomic E-state index is 0.233. The van der Waals surface area contributed by atoms with Crippen molar-refractivity contribution in [3.63, 3.8) is 0 Å². The van der Waals surface area contributed by atoms with Crippen molar-refractivity contribution in [2.75, 3.05) is 9.80 Å². The van der Waals surface area contributed by atoms with E-state index in [0.717, 1.165) is 34.1 Å². The monoisotopic (exact) mass is 743 g/mol. The van der Waals surface area contributed by atoms with Crippen LogP contribution >= 0.6 is 0 Å². The Hall–Kier alpha value is -7.36. The summed E-state index contributed by atoms with van der Waals surface area (Å²) in [7, 11) is 0. The largest absolute Gasteiger partial charge is 0.311 e. The molecular weight excluding hydrogens is 703 g/mol. The molecule has 0 bridgehead atoms. The predicted octanol–water partition coefficient (Wildman–Crippen LogP) is 15.2. The highest BCUT2D eigenvalue weighted by atomic mass is 15.1. The maximum Gasteiger partial charge on any atom is 0.0583 e. The van der Waals surface area contributed by atoms with Crippen LogP contribution in [0.25, 0.3) is 49.4 Å². The third-order valence-corrected chi connectivity index (χ3v) is 12.1. The Bertz CT molecular complexity index is 3090. The highest BCUT2D eigenvalue weighted by molar-refractivity contribution is 6.14. The first-order valence-electron chi connectivity index (χ1n) is 20.1. The molecule has 1 aliphatic heterocycles. The second-order valence-electron chi connectivity index (χ2n) is 15.9. The average Bonchev–Trinajstić information content (AvgIpc) is 3.61. The Labute approximate surface area is 339 Å². The van der Waals surface area contributed by atoms with Gasteiger partial charge in [-0.05, 0) is 124 Å². The molecule has 0 fully saturated rings. The third kappa shape index (κ3) is 5.43. The van der Waals surface area contributed by atoms with Crippen molar-refractivity contribution < 1.29 is 0 Å². The van der Waals surface area contributed by atoms with Crippen molar-refractivity contribution in [2.45, 2.75) is 19.3 Å². The number of nitrogens with zero attached hydrogens (tertiary/aromatic N) is 3. The number of rotatable bonds is 7. The van der Waals surface area contributed by atoms with Gasteiger partial charge < -0.3 is 14.4 Å². The quantitative estimate of drug-likeness (QED) is 0.161. The van der Waals surface area contributed by atoms with Crippen LogP contribution in [0.2, 0.25) is 0 Å². The maximum absolute atomic E-state index is 2.51. The fraction of sp³-hybridized carbons (Fsp3) is 0.0545. The SMILES string of the molecule is CC1(C)c2ccccc2-n2c3ccc(-c4ccc(N(c5ccccc5)c5ccccc5)cc4)cc3c3cc(N(c4ccccc4)c4ccc5ccccc5c4)cc1c32. The first-order valence-corrected chi connectivity index (χ1v) is 20.1. The first-order chi connectivity index (χ1) is 28.5. The van der Waals surface area contributed by atoms with Gasteiger partial charge in [-0.25, -0.2) is 0 Å². The second kappa shape index (κ2) is 13.4. The molecular formula is C55H41N3. The number of benzene rings is 9. The van der Waals surface area contributed by atoms with Crippen LogP contribution in [0.4, 0.5) is 34.1 Å². The maximum atomic E-state index is 2.51. The third-order valence-electron chi connectivity index (χ3n) is 12.1. The summed E-state index contributed by atoms with van der Waals surface area (Å²) in [5.74, 6) is 0. The molecule has 1 aromatic heterocycles. The Morgan fingerprint density at radius 1 is 0.362 bits per heavy atom. The Morgan fingerprint density at radius 2 is 0.897 bits per heavy atom. The molecule has 0 amide bonds. The molecule has 3 heteroatoms. The molecule has 9 aromatic carbocycles. The predicted molar refractivity (Wildman–Crippen MR) is 245 cm³/mol. The summed E-state index contributed by atoms with van der Waals surface area (Å²) in [5, 5.41) is 4.96. The van der Waals surface area contributed by atoms with Crippen molar-refractivity contribution in [2.24, 2.45) is 0 Å². The lowest BCUT2D eigenvalue weighted by atomic mass is 9.74. The number of aromatic nitrogens is 1. The molecule has 0 radical (unpaired) electrons. The van der Waals surface area contributed by atoms with Crippen LogP contribution in [0.1, 0.15) is 25.0 Å². The van der Waals surface area contributed by atoms with E-state index >= 15 is 0 Å². The van der Waals surface area contributed by atoms with Crippen LogP contribution in [0.3, 0.4) is 0 Å². The smallest absolute Gasteiger partial charge is 0.0583 e. The number of para-hydroxylation sites is 4. The van der Waals surface area contributed by atoms with E-state index < -0.39 is 0 Å². The lowest BCUT2D eigenvalue weighted by Crippen LogP contribution is -2.26. The zero-order chi connectivity index (χ0) is 38.8. The number of hydrogen-bond donors (Lipinski definition) is 0. The van der Waals surface area contributed by atoms with Gasteiger partial charge >= 0.3 is 0 Å². The van der Waals surface area contributed by atoms with E-state index in [9.17, 15) is 0 Å². The number of fused-ring (bicyclic) bond motifs is 6. The van der Waals surface area contributed by atoms with E-state index in [1.54, 1.807) is 0 Å². The molecule has 0 saturated heterocycles. The topological polar surface area (TPSA) is 11.4 Å². The molecule has 1 aliphatic rings. The first kappa shape index (κ1) is 33.9. The van der Waals surface area contributed by atoms with Gasteiger partial charge in [0, 0.05) is 50.3 Å². The lowest BCUT2D eigenvalue weighted by molar-refractivity contribution is 0.630. The van der Waals surface area contributed by atoms with E-state index in [-0.39, 0.29) is 5.41 Å². The molecule has 276 valence electrons. The second-order valence-corrected chi connectivity index (χ2v) is 15.9. The van der Waals surface area contributed by atoms with Crippen LogP contribution in [0, 0.1) is 0 Å². The summed E-state index contributed by atoms with van der Waals surface area (Å²) < 4.78 is 2.51. The van der Waals surface area contributed by atoms with E-state index in [0.29, 0.717) is 0 Å². The average molecular weight is 744 g/mol. The molecule has 0 N–H and O–H groups in total. The fourth-order valence-corrected chi connectivity index (χ4v) is 9.25. The van der Waals surface area contributed by atoms with Gasteiger partial charge in [0.1, 0.15) is 0 Å². The molecule has 0 spiro atoms. The van der Waals surface area contributed by atoms with Gasteiger partial charge in [0.15, 0.2) is 0 Å². The van der Waals surface area contributed by atoms with Crippen LogP contribution in [0.15, 0.2) is 212 Å². The highest BCUT2D eigenvalue weighted by Crippen LogP contribution is 2.51. The van der Waals surface area contributed by atoms with E-state index in [1.807, 2.05) is 0 Å². The van der Waals surface area contributed by atoms with E-state index in [1.165, 1.54) is 60.5 Å². The van der Waals surface area contributed by atoms with E-state index in [2.05, 4.69) is 241 Å². The van der Waals surface area contributed by atoms with E-state index in [4.69, 9.17) is 0 Å². The van der Waals surface area contributed by atoms with Crippen LogP contribution in [-0.2, 0) is 5.41 Å². The zero-order valence-corrected chi connectivity index (χ0v) is 32.5. The summed E-state index contributed by atoms with van der Waals surface area (Å²) in [6.07, 6.45) is 0. The normalized spacial score (nSPS) is 12.8. The van der Waals surface area contributed by atoms with Crippen molar-refractivity contribution >= 4 is 66.7 Å². The summed E-state index contributed by atoms with van der Waals surface area (Å²) in [6.45, 7) is 4.77. The molecule has 10 aromatic rings. The standard InChI is InChI=1S/C55H41N3/c1-55(2)50-24-14-15-25-53(50)58-52-33-29-41(39-26-30-45(31-27-39)56(42-18-6-3-7-19-42)43-20-8-4-9-21-43)35-48(52)49-36-47(37-51(55)54(49)58)57(44-22-10-5-11-23-44)46-32-28-38-16-12-13-17-40(38)34-46/h3-37H,1-2H3. The zero-order valence-electron chi connectivity index (χ0n) is 32.5. The lowest BCUT2D eigenvalue weighted by Gasteiger charge is -2.36. The molecule has 0 saturated carbocycles. The van der Waals surface area contributed by atoms with Crippen LogP contribution < -0.4 is 9.80 Å². The highest BCUT2D eigenvalue weighted by Gasteiger charge is 2.36. The summed E-state index contributed by atoms with van der Waals surface area (Å²) >= 11 is 0. The molecule has 0 aliphatic carbocycles. The summed E-state index contributed by atoms with van der Waals surface area (Å²) in [6, 6.07) is 77.3. The van der Waals surface area contributed by atoms with Crippen LogP contribution in [-0.4, -0.2) is 4.57 Å². The van der Waals surface area contributed by atoms with Gasteiger partial charge in [-0.2, -0.15) is 0 Å². The van der Waals surface area contributed by atoms with Crippen molar-refractivity contribution in [3.8, 4) is 16.8 Å². The van der Waals surface area contributed by atoms with Gasteiger partial charge in [0.2, 0.25) is 0 Å². The fourth-order valence-electron chi connectivity index (χ4n) is 9.25. The number of anilines is 6. The Morgan fingerprint density at radius 3 is 1.57 bits per heavy atom. The minimum atomic E-state index is -0.233. The minimum Gasteiger partial charge on any atom is -0.311 e.